The zero-order valence-electron chi connectivity index (χ0n) is 13.1. The van der Waals surface area contributed by atoms with E-state index in [0.717, 1.165) is 6.42 Å². The minimum atomic E-state index is -0.985. The van der Waals surface area contributed by atoms with Gasteiger partial charge in [0.25, 0.3) is 11.8 Å². The van der Waals surface area contributed by atoms with Gasteiger partial charge in [-0.05, 0) is 49.4 Å². The first-order valence-electron chi connectivity index (χ1n) is 7.69. The molecule has 0 saturated heterocycles. The number of hydrazine groups is 1. The lowest BCUT2D eigenvalue weighted by Crippen LogP contribution is -2.52. The summed E-state index contributed by atoms with van der Waals surface area (Å²) in [6.45, 7) is 3.81. The van der Waals surface area contributed by atoms with Crippen molar-refractivity contribution in [2.24, 2.45) is 16.7 Å². The molecule has 2 amide bonds. The minimum absolute atomic E-state index is 0.0144. The van der Waals surface area contributed by atoms with Gasteiger partial charge in [0.2, 0.25) is 0 Å². The Hall–Kier alpha value is -1.88. The maximum Gasteiger partial charge on any atom is 0.269 e. The van der Waals surface area contributed by atoms with Crippen LogP contribution in [-0.4, -0.2) is 17.6 Å². The molecule has 23 heavy (non-hydrogen) atoms. The molecule has 0 aromatic heterocycles. The van der Waals surface area contributed by atoms with E-state index in [9.17, 15) is 14.4 Å². The molecule has 0 radical (unpaired) electrons. The van der Waals surface area contributed by atoms with Crippen molar-refractivity contribution in [1.82, 2.24) is 10.9 Å². The maximum absolute atomic E-state index is 12.6. The number of Topliss-reactive ketones (excluding diaryl/α,β-unsaturated/α-hetero) is 1. The van der Waals surface area contributed by atoms with Gasteiger partial charge in [-0.3, -0.25) is 25.2 Å². The normalized spacial score (nSPS) is 27.8. The van der Waals surface area contributed by atoms with Crippen molar-refractivity contribution in [2.45, 2.75) is 33.1 Å². The summed E-state index contributed by atoms with van der Waals surface area (Å²) in [6.07, 6.45) is 2.00. The second kappa shape index (κ2) is 5.34. The Morgan fingerprint density at radius 2 is 1.83 bits per heavy atom. The second-order valence-corrected chi connectivity index (χ2v) is 7.42. The third-order valence-electron chi connectivity index (χ3n) is 5.39. The predicted molar refractivity (Wildman–Crippen MR) is 85.6 cm³/mol. The molecule has 2 saturated carbocycles. The number of nitrogens with one attached hydrogen (secondary N) is 2. The number of fused-ring (bicyclic) bond motifs is 2. The zero-order valence-corrected chi connectivity index (χ0v) is 13.9. The smallest absolute Gasteiger partial charge is 0.269 e. The van der Waals surface area contributed by atoms with Gasteiger partial charge >= 0.3 is 0 Å². The van der Waals surface area contributed by atoms with Crippen LogP contribution in [0.5, 0.6) is 0 Å². The van der Waals surface area contributed by atoms with Gasteiger partial charge in [-0.2, -0.15) is 0 Å². The molecule has 2 aliphatic rings. The van der Waals surface area contributed by atoms with Gasteiger partial charge in [0, 0.05) is 16.0 Å². The molecule has 2 unspecified atom stereocenters. The topological polar surface area (TPSA) is 75.3 Å². The molecule has 1 aromatic carbocycles. The summed E-state index contributed by atoms with van der Waals surface area (Å²) in [5, 5.41) is 0.528. The summed E-state index contributed by atoms with van der Waals surface area (Å²) >= 11 is 5.78. The average molecular weight is 335 g/mol. The number of rotatable bonds is 2. The van der Waals surface area contributed by atoms with E-state index in [4.69, 9.17) is 11.6 Å². The Kier molecular flexibility index (Phi) is 3.71. The SMILES string of the molecule is CC1(C)C(=O)C2(C(=O)NNC(=O)c3ccc(Cl)cc3)CCC1C2. The fourth-order valence-electron chi connectivity index (χ4n) is 3.89. The summed E-state index contributed by atoms with van der Waals surface area (Å²) in [7, 11) is 0. The van der Waals surface area contributed by atoms with E-state index in [2.05, 4.69) is 10.9 Å². The van der Waals surface area contributed by atoms with Gasteiger partial charge < -0.3 is 0 Å². The van der Waals surface area contributed by atoms with Gasteiger partial charge in [0.05, 0.1) is 0 Å². The monoisotopic (exact) mass is 334 g/mol. The molecule has 0 aliphatic heterocycles. The molecule has 6 heteroatoms. The van der Waals surface area contributed by atoms with Crippen LogP contribution < -0.4 is 10.9 Å². The van der Waals surface area contributed by atoms with Crippen LogP contribution in [-0.2, 0) is 9.59 Å². The van der Waals surface area contributed by atoms with Crippen LogP contribution in [0.15, 0.2) is 24.3 Å². The maximum atomic E-state index is 12.6. The summed E-state index contributed by atoms with van der Waals surface area (Å²) in [4.78, 5) is 37.2. The van der Waals surface area contributed by atoms with Crippen LogP contribution in [0.1, 0.15) is 43.5 Å². The molecule has 2 aliphatic carbocycles. The lowest BCUT2D eigenvalue weighted by atomic mass is 9.70. The number of benzene rings is 1. The van der Waals surface area contributed by atoms with Crippen molar-refractivity contribution in [3.8, 4) is 0 Å². The van der Waals surface area contributed by atoms with E-state index in [1.165, 1.54) is 0 Å². The van der Waals surface area contributed by atoms with Gasteiger partial charge in [0.15, 0.2) is 5.78 Å². The average Bonchev–Trinajstić information content (AvgIpc) is 3.05. The van der Waals surface area contributed by atoms with E-state index < -0.39 is 22.6 Å². The summed E-state index contributed by atoms with van der Waals surface area (Å²) < 4.78 is 0. The fourth-order valence-corrected chi connectivity index (χ4v) is 4.01. The highest BCUT2D eigenvalue weighted by atomic mass is 35.5. The van der Waals surface area contributed by atoms with Crippen LogP contribution in [0.4, 0.5) is 0 Å². The minimum Gasteiger partial charge on any atom is -0.298 e. The highest BCUT2D eigenvalue weighted by molar-refractivity contribution is 6.30. The van der Waals surface area contributed by atoms with E-state index in [1.807, 2.05) is 13.8 Å². The van der Waals surface area contributed by atoms with Crippen LogP contribution in [0.3, 0.4) is 0 Å². The molecule has 5 nitrogen and oxygen atoms in total. The predicted octanol–water partition coefficient (Wildman–Crippen LogP) is 2.50. The van der Waals surface area contributed by atoms with Crippen molar-refractivity contribution in [2.75, 3.05) is 0 Å². The third kappa shape index (κ3) is 2.43. The number of carbonyl (C=O) groups is 3. The first-order chi connectivity index (χ1) is 10.8. The van der Waals surface area contributed by atoms with Gasteiger partial charge in [-0.15, -0.1) is 0 Å². The van der Waals surface area contributed by atoms with E-state index in [0.29, 0.717) is 23.4 Å². The van der Waals surface area contributed by atoms with Gasteiger partial charge in [0.1, 0.15) is 5.41 Å². The fraction of sp³-hybridized carbons (Fsp3) is 0.471. The number of hydrogen-bond acceptors (Lipinski definition) is 3. The highest BCUT2D eigenvalue weighted by Crippen LogP contribution is 2.60. The third-order valence-corrected chi connectivity index (χ3v) is 5.64. The summed E-state index contributed by atoms with van der Waals surface area (Å²) in [6, 6.07) is 6.33. The lowest BCUT2D eigenvalue weighted by molar-refractivity contribution is -0.145. The van der Waals surface area contributed by atoms with E-state index in [-0.39, 0.29) is 11.7 Å². The van der Waals surface area contributed by atoms with E-state index >= 15 is 0 Å². The quantitative estimate of drug-likeness (QED) is 0.644. The van der Waals surface area contributed by atoms with Crippen LogP contribution in [0, 0.1) is 16.7 Å². The molecule has 0 spiro atoms. The Morgan fingerprint density at radius 3 is 2.39 bits per heavy atom. The molecular weight excluding hydrogens is 316 g/mol. The second-order valence-electron chi connectivity index (χ2n) is 6.99. The van der Waals surface area contributed by atoms with E-state index in [1.54, 1.807) is 24.3 Å². The number of ketones is 1. The van der Waals surface area contributed by atoms with Crippen molar-refractivity contribution >= 4 is 29.2 Å². The standard InChI is InChI=1S/C17H19ClN2O3/c1-16(2)11-7-8-17(9-11,14(16)22)15(23)20-19-13(21)10-3-5-12(18)6-4-10/h3-6,11H,7-9H2,1-2H3,(H,19,21)(H,20,23). The number of amides is 2. The highest BCUT2D eigenvalue weighted by Gasteiger charge is 2.65. The number of carbonyl (C=O) groups excluding carboxylic acids is 3. The lowest BCUT2D eigenvalue weighted by Gasteiger charge is -2.32. The van der Waals surface area contributed by atoms with Crippen molar-refractivity contribution in [1.29, 1.82) is 0 Å². The Morgan fingerprint density at radius 1 is 1.17 bits per heavy atom. The summed E-state index contributed by atoms with van der Waals surface area (Å²) in [5.74, 6) is -0.615. The molecule has 0 heterocycles. The Bertz CT molecular complexity index is 684. The Balaban J connectivity index is 1.67. The van der Waals surface area contributed by atoms with Crippen LogP contribution in [0.25, 0.3) is 0 Å². The van der Waals surface area contributed by atoms with Crippen molar-refractivity contribution in [3.05, 3.63) is 34.9 Å². The summed E-state index contributed by atoms with van der Waals surface area (Å²) in [5.41, 5.74) is 3.76. The zero-order chi connectivity index (χ0) is 16.8. The molecule has 2 atom stereocenters. The van der Waals surface area contributed by atoms with Crippen LogP contribution in [0.2, 0.25) is 5.02 Å². The molecule has 1 aromatic rings. The first kappa shape index (κ1) is 16.0. The largest absolute Gasteiger partial charge is 0.298 e. The van der Waals surface area contributed by atoms with Crippen LogP contribution >= 0.6 is 11.6 Å². The molecule has 2 fully saturated rings. The Labute approximate surface area is 139 Å². The first-order valence-corrected chi connectivity index (χ1v) is 8.06. The van der Waals surface area contributed by atoms with Gasteiger partial charge in [-0.1, -0.05) is 25.4 Å². The van der Waals surface area contributed by atoms with Crippen molar-refractivity contribution < 1.29 is 14.4 Å². The number of halogens is 1. The van der Waals surface area contributed by atoms with Gasteiger partial charge in [-0.25, -0.2) is 0 Å². The molecule has 3 rings (SSSR count). The molecule has 122 valence electrons. The molecule has 2 bridgehead atoms. The molecule has 2 N–H and O–H groups in total. The molecular formula is C17H19ClN2O3. The number of hydrogen-bond donors (Lipinski definition) is 2. The van der Waals surface area contributed by atoms with Crippen molar-refractivity contribution in [3.63, 3.8) is 0 Å².